The van der Waals surface area contributed by atoms with Crippen molar-refractivity contribution >= 4 is 28.3 Å². The van der Waals surface area contributed by atoms with Crippen molar-refractivity contribution in [3.63, 3.8) is 0 Å². The summed E-state index contributed by atoms with van der Waals surface area (Å²) in [6.45, 7) is 6.80. The number of hydrogen-bond acceptors (Lipinski definition) is 2. The standard InChI is InChI=1S/C26H29ClN2O/c1-2-29(26(30)24-10-9-22-5-3-4-6-23(22)17-24)19-21-13-15-28(16-14-21)18-20-7-11-25(27)12-8-20/h3-12,17,21H,2,13-16,18-19H2,1H3. The largest absolute Gasteiger partial charge is 0.339 e. The smallest absolute Gasteiger partial charge is 0.253 e. The van der Waals surface area contributed by atoms with Gasteiger partial charge in [-0.15, -0.1) is 0 Å². The fraction of sp³-hybridized carbons (Fsp3) is 0.346. The summed E-state index contributed by atoms with van der Waals surface area (Å²) >= 11 is 5.99. The van der Waals surface area contributed by atoms with E-state index in [1.807, 2.05) is 47.4 Å². The first-order valence-electron chi connectivity index (χ1n) is 10.9. The molecule has 1 fully saturated rings. The van der Waals surface area contributed by atoms with Crippen molar-refractivity contribution < 1.29 is 4.79 Å². The third kappa shape index (κ3) is 5.03. The van der Waals surface area contributed by atoms with Gasteiger partial charge in [0.25, 0.3) is 5.91 Å². The van der Waals surface area contributed by atoms with Gasteiger partial charge >= 0.3 is 0 Å². The van der Waals surface area contributed by atoms with E-state index in [0.717, 1.165) is 61.5 Å². The van der Waals surface area contributed by atoms with Gasteiger partial charge in [-0.25, -0.2) is 0 Å². The van der Waals surface area contributed by atoms with Crippen LogP contribution in [-0.4, -0.2) is 41.9 Å². The molecule has 3 nitrogen and oxygen atoms in total. The Morgan fingerprint density at radius 3 is 2.40 bits per heavy atom. The molecule has 0 aromatic heterocycles. The summed E-state index contributed by atoms with van der Waals surface area (Å²) in [5.41, 5.74) is 2.09. The van der Waals surface area contributed by atoms with Crippen molar-refractivity contribution in [2.45, 2.75) is 26.3 Å². The van der Waals surface area contributed by atoms with Crippen LogP contribution in [0, 0.1) is 5.92 Å². The normalized spacial score (nSPS) is 15.4. The molecule has 0 bridgehead atoms. The molecule has 0 saturated carbocycles. The van der Waals surface area contributed by atoms with Crippen LogP contribution in [0.3, 0.4) is 0 Å². The summed E-state index contributed by atoms with van der Waals surface area (Å²) in [6, 6.07) is 22.4. The molecular weight excluding hydrogens is 392 g/mol. The quantitative estimate of drug-likeness (QED) is 0.498. The Hall–Kier alpha value is -2.36. The maximum absolute atomic E-state index is 13.1. The number of nitrogens with zero attached hydrogens (tertiary/aromatic N) is 2. The molecule has 156 valence electrons. The van der Waals surface area contributed by atoms with Crippen molar-refractivity contribution in [3.05, 3.63) is 82.9 Å². The minimum absolute atomic E-state index is 0.145. The van der Waals surface area contributed by atoms with Gasteiger partial charge in [0.15, 0.2) is 0 Å². The molecule has 1 amide bonds. The molecule has 1 heterocycles. The molecule has 0 radical (unpaired) electrons. The van der Waals surface area contributed by atoms with E-state index in [4.69, 9.17) is 11.6 Å². The molecular formula is C26H29ClN2O. The van der Waals surface area contributed by atoms with Crippen LogP contribution in [0.5, 0.6) is 0 Å². The van der Waals surface area contributed by atoms with Crippen molar-refractivity contribution in [3.8, 4) is 0 Å². The Labute approximate surface area is 184 Å². The lowest BCUT2D eigenvalue weighted by Crippen LogP contribution is -2.40. The first-order valence-corrected chi connectivity index (χ1v) is 11.2. The fourth-order valence-corrected chi connectivity index (χ4v) is 4.47. The molecule has 1 aliphatic heterocycles. The van der Waals surface area contributed by atoms with E-state index in [0.29, 0.717) is 5.92 Å². The van der Waals surface area contributed by atoms with Gasteiger partial charge in [0.2, 0.25) is 0 Å². The maximum Gasteiger partial charge on any atom is 0.253 e. The second-order valence-electron chi connectivity index (χ2n) is 8.25. The molecule has 4 rings (SSSR count). The summed E-state index contributed by atoms with van der Waals surface area (Å²) < 4.78 is 0. The SMILES string of the molecule is CCN(CC1CCN(Cc2ccc(Cl)cc2)CC1)C(=O)c1ccc2ccccc2c1. The topological polar surface area (TPSA) is 23.6 Å². The van der Waals surface area contributed by atoms with Crippen LogP contribution in [0.25, 0.3) is 10.8 Å². The average Bonchev–Trinajstić information content (AvgIpc) is 2.79. The summed E-state index contributed by atoms with van der Waals surface area (Å²) in [5, 5.41) is 3.08. The molecule has 1 saturated heterocycles. The zero-order valence-corrected chi connectivity index (χ0v) is 18.3. The lowest BCUT2D eigenvalue weighted by molar-refractivity contribution is 0.0699. The zero-order chi connectivity index (χ0) is 20.9. The Kier molecular flexibility index (Phi) is 6.71. The molecule has 4 heteroatoms. The summed E-state index contributed by atoms with van der Waals surface area (Å²) in [6.07, 6.45) is 2.27. The van der Waals surface area contributed by atoms with E-state index in [2.05, 4.69) is 36.1 Å². The number of rotatable bonds is 6. The van der Waals surface area contributed by atoms with E-state index in [1.165, 1.54) is 10.9 Å². The third-order valence-electron chi connectivity index (χ3n) is 6.17. The molecule has 0 N–H and O–H groups in total. The van der Waals surface area contributed by atoms with Gasteiger partial charge in [-0.05, 0) is 79.4 Å². The molecule has 1 aliphatic rings. The van der Waals surface area contributed by atoms with Gasteiger partial charge in [0.1, 0.15) is 0 Å². The maximum atomic E-state index is 13.1. The van der Waals surface area contributed by atoms with Crippen molar-refractivity contribution in [1.82, 2.24) is 9.80 Å². The number of carbonyl (C=O) groups excluding carboxylic acids is 1. The molecule has 0 unspecified atom stereocenters. The van der Waals surface area contributed by atoms with Crippen LogP contribution in [-0.2, 0) is 6.54 Å². The predicted octanol–water partition coefficient (Wildman–Crippen LogP) is 5.87. The first-order chi connectivity index (χ1) is 14.6. The first kappa shape index (κ1) is 20.9. The highest BCUT2D eigenvalue weighted by Gasteiger charge is 2.24. The van der Waals surface area contributed by atoms with Crippen LogP contribution in [0.1, 0.15) is 35.7 Å². The van der Waals surface area contributed by atoms with Gasteiger partial charge in [-0.1, -0.05) is 54.1 Å². The van der Waals surface area contributed by atoms with Gasteiger partial charge in [-0.2, -0.15) is 0 Å². The number of halogens is 1. The Bertz CT molecular complexity index is 993. The fourth-order valence-electron chi connectivity index (χ4n) is 4.35. The number of carbonyl (C=O) groups is 1. The second kappa shape index (κ2) is 9.63. The molecule has 0 spiro atoms. The van der Waals surface area contributed by atoms with Gasteiger partial charge in [0.05, 0.1) is 0 Å². The van der Waals surface area contributed by atoms with Gasteiger partial charge in [0, 0.05) is 30.2 Å². The Morgan fingerprint density at radius 1 is 1.00 bits per heavy atom. The summed E-state index contributed by atoms with van der Waals surface area (Å²) in [5.74, 6) is 0.711. The van der Waals surface area contributed by atoms with Crippen molar-refractivity contribution in [2.24, 2.45) is 5.92 Å². The van der Waals surface area contributed by atoms with Crippen LogP contribution in [0.4, 0.5) is 0 Å². The van der Waals surface area contributed by atoms with Gasteiger partial charge < -0.3 is 4.90 Å². The minimum atomic E-state index is 0.145. The van der Waals surface area contributed by atoms with Crippen molar-refractivity contribution in [1.29, 1.82) is 0 Å². The molecule has 3 aromatic carbocycles. The number of piperidine rings is 1. The lowest BCUT2D eigenvalue weighted by Gasteiger charge is -2.34. The monoisotopic (exact) mass is 420 g/mol. The highest BCUT2D eigenvalue weighted by molar-refractivity contribution is 6.30. The van der Waals surface area contributed by atoms with E-state index >= 15 is 0 Å². The highest BCUT2D eigenvalue weighted by Crippen LogP contribution is 2.22. The Balaban J connectivity index is 1.33. The number of benzene rings is 3. The van der Waals surface area contributed by atoms with Crippen LogP contribution in [0.15, 0.2) is 66.7 Å². The van der Waals surface area contributed by atoms with Crippen molar-refractivity contribution in [2.75, 3.05) is 26.2 Å². The minimum Gasteiger partial charge on any atom is -0.339 e. The Morgan fingerprint density at radius 2 is 1.70 bits per heavy atom. The third-order valence-corrected chi connectivity index (χ3v) is 6.42. The van der Waals surface area contributed by atoms with Crippen LogP contribution in [0.2, 0.25) is 5.02 Å². The predicted molar refractivity (Wildman–Crippen MR) is 125 cm³/mol. The summed E-state index contributed by atoms with van der Waals surface area (Å²) in [4.78, 5) is 17.6. The molecule has 3 aromatic rings. The van der Waals surface area contributed by atoms with Gasteiger partial charge in [-0.3, -0.25) is 9.69 Å². The zero-order valence-electron chi connectivity index (χ0n) is 17.6. The number of amides is 1. The molecule has 0 aliphatic carbocycles. The average molecular weight is 421 g/mol. The van der Waals surface area contributed by atoms with Crippen LogP contribution >= 0.6 is 11.6 Å². The lowest BCUT2D eigenvalue weighted by atomic mass is 9.95. The second-order valence-corrected chi connectivity index (χ2v) is 8.69. The summed E-state index contributed by atoms with van der Waals surface area (Å²) in [7, 11) is 0. The highest BCUT2D eigenvalue weighted by atomic mass is 35.5. The number of fused-ring (bicyclic) bond motifs is 1. The van der Waals surface area contributed by atoms with Crippen LogP contribution < -0.4 is 0 Å². The van der Waals surface area contributed by atoms with E-state index < -0.39 is 0 Å². The number of likely N-dealkylation sites (tertiary alicyclic amines) is 1. The van der Waals surface area contributed by atoms with E-state index in [9.17, 15) is 4.79 Å². The molecule has 30 heavy (non-hydrogen) atoms. The van der Waals surface area contributed by atoms with E-state index in [-0.39, 0.29) is 5.91 Å². The van der Waals surface area contributed by atoms with E-state index in [1.54, 1.807) is 0 Å². The number of hydrogen-bond donors (Lipinski definition) is 0. The molecule has 0 atom stereocenters.